The standard InChI is InChI=1S/C7H10N4O2/c8-6-5(3-9-10-6)4-11-1-2-13-7(11)12/h3H,1-2,4H2,(H3,8,9,10). The van der Waals surface area contributed by atoms with Crippen LogP contribution in [-0.2, 0) is 11.3 Å². The van der Waals surface area contributed by atoms with E-state index in [1.807, 2.05) is 0 Å². The van der Waals surface area contributed by atoms with Crippen LogP contribution in [0.15, 0.2) is 6.20 Å². The lowest BCUT2D eigenvalue weighted by molar-refractivity contribution is 0.157. The van der Waals surface area contributed by atoms with Crippen LogP contribution in [0.2, 0.25) is 0 Å². The predicted molar refractivity (Wildman–Crippen MR) is 44.8 cm³/mol. The summed E-state index contributed by atoms with van der Waals surface area (Å²) in [5, 5.41) is 6.37. The number of carbonyl (C=O) groups is 1. The first-order valence-electron chi connectivity index (χ1n) is 3.97. The fourth-order valence-electron chi connectivity index (χ4n) is 1.22. The molecule has 1 amide bonds. The Kier molecular flexibility index (Phi) is 1.80. The number of aromatic amines is 1. The van der Waals surface area contributed by atoms with E-state index < -0.39 is 0 Å². The summed E-state index contributed by atoms with van der Waals surface area (Å²) in [6.07, 6.45) is 1.32. The Labute approximate surface area is 74.7 Å². The zero-order valence-electron chi connectivity index (χ0n) is 6.99. The Bertz CT molecular complexity index is 322. The number of amides is 1. The number of nitrogen functional groups attached to an aromatic ring is 1. The molecule has 13 heavy (non-hydrogen) atoms. The van der Waals surface area contributed by atoms with E-state index >= 15 is 0 Å². The number of anilines is 1. The first kappa shape index (κ1) is 7.90. The molecule has 6 heteroatoms. The molecule has 1 aliphatic heterocycles. The molecule has 0 aromatic carbocycles. The summed E-state index contributed by atoms with van der Waals surface area (Å²) >= 11 is 0. The maximum atomic E-state index is 11.0. The molecule has 1 saturated heterocycles. The van der Waals surface area contributed by atoms with E-state index in [4.69, 9.17) is 10.5 Å². The van der Waals surface area contributed by atoms with Gasteiger partial charge in [0, 0.05) is 5.56 Å². The first-order valence-corrected chi connectivity index (χ1v) is 3.97. The maximum absolute atomic E-state index is 11.0. The van der Waals surface area contributed by atoms with Crippen LogP contribution in [0.25, 0.3) is 0 Å². The topological polar surface area (TPSA) is 84.2 Å². The Morgan fingerprint density at radius 3 is 3.15 bits per heavy atom. The third kappa shape index (κ3) is 1.42. The second kappa shape index (κ2) is 2.96. The van der Waals surface area contributed by atoms with E-state index in [1.54, 1.807) is 11.1 Å². The van der Waals surface area contributed by atoms with Gasteiger partial charge in [0.05, 0.1) is 19.3 Å². The summed E-state index contributed by atoms with van der Waals surface area (Å²) < 4.78 is 4.77. The fraction of sp³-hybridized carbons (Fsp3) is 0.429. The normalized spacial score (nSPS) is 16.3. The molecule has 1 aromatic heterocycles. The maximum Gasteiger partial charge on any atom is 0.410 e. The fourth-order valence-corrected chi connectivity index (χ4v) is 1.22. The van der Waals surface area contributed by atoms with Gasteiger partial charge < -0.3 is 15.4 Å². The molecule has 0 bridgehead atoms. The molecule has 0 saturated carbocycles. The van der Waals surface area contributed by atoms with Crippen LogP contribution in [0.4, 0.5) is 10.6 Å². The molecule has 0 aliphatic carbocycles. The van der Waals surface area contributed by atoms with Gasteiger partial charge in [-0.2, -0.15) is 5.10 Å². The Morgan fingerprint density at radius 2 is 2.62 bits per heavy atom. The van der Waals surface area contributed by atoms with Crippen LogP contribution in [0, 0.1) is 0 Å². The molecule has 70 valence electrons. The number of hydrogen-bond donors (Lipinski definition) is 2. The quantitative estimate of drug-likeness (QED) is 0.671. The van der Waals surface area contributed by atoms with E-state index in [-0.39, 0.29) is 6.09 Å². The SMILES string of the molecule is Nc1[nH]ncc1CN1CCOC1=O. The molecule has 0 unspecified atom stereocenters. The summed E-state index contributed by atoms with van der Waals surface area (Å²) in [5.74, 6) is 0.500. The van der Waals surface area contributed by atoms with E-state index in [2.05, 4.69) is 10.2 Å². The highest BCUT2D eigenvalue weighted by Gasteiger charge is 2.22. The molecular weight excluding hydrogens is 172 g/mol. The molecule has 0 radical (unpaired) electrons. The first-order chi connectivity index (χ1) is 6.27. The van der Waals surface area contributed by atoms with Crippen molar-refractivity contribution < 1.29 is 9.53 Å². The number of nitrogens with two attached hydrogens (primary N) is 1. The van der Waals surface area contributed by atoms with Gasteiger partial charge in [0.1, 0.15) is 12.4 Å². The van der Waals surface area contributed by atoms with Crippen molar-refractivity contribution in [1.29, 1.82) is 0 Å². The van der Waals surface area contributed by atoms with Gasteiger partial charge in [-0.15, -0.1) is 0 Å². The van der Waals surface area contributed by atoms with Crippen LogP contribution >= 0.6 is 0 Å². The number of aromatic nitrogens is 2. The average Bonchev–Trinajstić information content (AvgIpc) is 2.65. The molecule has 0 atom stereocenters. The number of nitrogens with zero attached hydrogens (tertiary/aromatic N) is 2. The largest absolute Gasteiger partial charge is 0.448 e. The summed E-state index contributed by atoms with van der Waals surface area (Å²) in [5.41, 5.74) is 6.39. The van der Waals surface area contributed by atoms with Gasteiger partial charge in [-0.25, -0.2) is 4.79 Å². The van der Waals surface area contributed by atoms with Gasteiger partial charge in [-0.3, -0.25) is 5.10 Å². The minimum atomic E-state index is -0.291. The molecule has 1 aliphatic rings. The average molecular weight is 182 g/mol. The van der Waals surface area contributed by atoms with E-state index in [0.717, 1.165) is 5.56 Å². The lowest BCUT2D eigenvalue weighted by atomic mass is 10.3. The number of nitrogens with one attached hydrogen (secondary N) is 1. The molecule has 1 fully saturated rings. The van der Waals surface area contributed by atoms with E-state index in [1.165, 1.54) is 0 Å². The number of cyclic esters (lactones) is 1. The van der Waals surface area contributed by atoms with Gasteiger partial charge in [-0.05, 0) is 0 Å². The molecule has 1 aromatic rings. The Balaban J connectivity index is 2.06. The van der Waals surface area contributed by atoms with Crippen molar-refractivity contribution in [3.05, 3.63) is 11.8 Å². The summed E-state index contributed by atoms with van der Waals surface area (Å²) in [6.45, 7) is 1.53. The minimum Gasteiger partial charge on any atom is -0.448 e. The van der Waals surface area contributed by atoms with Gasteiger partial charge >= 0.3 is 6.09 Å². The van der Waals surface area contributed by atoms with Crippen LogP contribution in [0.1, 0.15) is 5.56 Å². The zero-order chi connectivity index (χ0) is 9.26. The molecule has 6 nitrogen and oxygen atoms in total. The number of H-pyrrole nitrogens is 1. The molecule has 3 N–H and O–H groups in total. The van der Waals surface area contributed by atoms with Gasteiger partial charge in [0.2, 0.25) is 0 Å². The van der Waals surface area contributed by atoms with Crippen LogP contribution in [0.3, 0.4) is 0 Å². The van der Waals surface area contributed by atoms with Crippen molar-refractivity contribution in [1.82, 2.24) is 15.1 Å². The Morgan fingerprint density at radius 1 is 1.77 bits per heavy atom. The monoisotopic (exact) mass is 182 g/mol. The van der Waals surface area contributed by atoms with E-state index in [0.29, 0.717) is 25.5 Å². The number of hydrogen-bond acceptors (Lipinski definition) is 4. The van der Waals surface area contributed by atoms with Crippen LogP contribution < -0.4 is 5.73 Å². The highest BCUT2D eigenvalue weighted by atomic mass is 16.6. The van der Waals surface area contributed by atoms with Crippen molar-refractivity contribution in [2.75, 3.05) is 18.9 Å². The summed E-state index contributed by atoms with van der Waals surface area (Å²) in [7, 11) is 0. The zero-order valence-corrected chi connectivity index (χ0v) is 6.99. The number of rotatable bonds is 2. The predicted octanol–water partition coefficient (Wildman–Crippen LogP) is -0.0559. The smallest absolute Gasteiger partial charge is 0.410 e. The van der Waals surface area contributed by atoms with Crippen molar-refractivity contribution in [2.45, 2.75) is 6.54 Å². The van der Waals surface area contributed by atoms with Crippen molar-refractivity contribution in [3.8, 4) is 0 Å². The Hall–Kier alpha value is -1.72. The lowest BCUT2D eigenvalue weighted by Crippen LogP contribution is -2.23. The van der Waals surface area contributed by atoms with Crippen LogP contribution in [-0.4, -0.2) is 34.3 Å². The highest BCUT2D eigenvalue weighted by molar-refractivity contribution is 5.69. The second-order valence-corrected chi connectivity index (χ2v) is 2.84. The van der Waals surface area contributed by atoms with Crippen LogP contribution in [0.5, 0.6) is 0 Å². The highest BCUT2D eigenvalue weighted by Crippen LogP contribution is 2.13. The summed E-state index contributed by atoms with van der Waals surface area (Å²) in [6, 6.07) is 0. The van der Waals surface area contributed by atoms with Gasteiger partial charge in [-0.1, -0.05) is 0 Å². The van der Waals surface area contributed by atoms with Crippen molar-refractivity contribution in [3.63, 3.8) is 0 Å². The minimum absolute atomic E-state index is 0.291. The lowest BCUT2D eigenvalue weighted by Gasteiger charge is -2.10. The van der Waals surface area contributed by atoms with Crippen molar-refractivity contribution in [2.24, 2.45) is 0 Å². The third-order valence-corrected chi connectivity index (χ3v) is 1.96. The van der Waals surface area contributed by atoms with Gasteiger partial charge in [0.25, 0.3) is 0 Å². The third-order valence-electron chi connectivity index (χ3n) is 1.96. The number of ether oxygens (including phenoxy) is 1. The molecular formula is C7H10N4O2. The van der Waals surface area contributed by atoms with Crippen molar-refractivity contribution >= 4 is 11.9 Å². The summed E-state index contributed by atoms with van der Waals surface area (Å²) in [4.78, 5) is 12.6. The van der Waals surface area contributed by atoms with Gasteiger partial charge in [0.15, 0.2) is 0 Å². The molecule has 2 rings (SSSR count). The molecule has 2 heterocycles. The second-order valence-electron chi connectivity index (χ2n) is 2.84. The number of carbonyl (C=O) groups excluding carboxylic acids is 1. The molecule has 0 spiro atoms. The van der Waals surface area contributed by atoms with E-state index in [9.17, 15) is 4.79 Å².